The van der Waals surface area contributed by atoms with Crippen molar-refractivity contribution in [2.75, 3.05) is 22.7 Å². The third-order valence-corrected chi connectivity index (χ3v) is 6.77. The molecule has 32 heavy (non-hydrogen) atoms. The van der Waals surface area contributed by atoms with Crippen molar-refractivity contribution >= 4 is 39.4 Å². The Kier molecular flexibility index (Phi) is 5.43. The van der Waals surface area contributed by atoms with E-state index in [4.69, 9.17) is 4.98 Å². The number of nitrogens with one attached hydrogen (secondary N) is 2. The Labute approximate surface area is 189 Å². The van der Waals surface area contributed by atoms with Gasteiger partial charge in [-0.15, -0.1) is 0 Å². The van der Waals surface area contributed by atoms with E-state index in [1.807, 2.05) is 67.6 Å². The van der Waals surface area contributed by atoms with Gasteiger partial charge in [0.25, 0.3) is 5.91 Å². The maximum atomic E-state index is 12.8. The topological polar surface area (TPSA) is 74.3 Å². The van der Waals surface area contributed by atoms with Gasteiger partial charge < -0.3 is 5.32 Å². The van der Waals surface area contributed by atoms with Crippen LogP contribution in [0.3, 0.4) is 0 Å². The lowest BCUT2D eigenvalue weighted by Gasteiger charge is -2.15. The number of carbonyl (C=O) groups excluding carboxylic acids is 1. The van der Waals surface area contributed by atoms with Crippen molar-refractivity contribution in [3.05, 3.63) is 90.0 Å². The summed E-state index contributed by atoms with van der Waals surface area (Å²) in [6.07, 6.45) is 0. The van der Waals surface area contributed by atoms with Crippen LogP contribution in [0.1, 0.15) is 15.9 Å². The number of pyridine rings is 1. The third-order valence-electron chi connectivity index (χ3n) is 5.53. The summed E-state index contributed by atoms with van der Waals surface area (Å²) in [5, 5.41) is 4.07. The minimum atomic E-state index is -1.22. The average Bonchev–Trinajstić information content (AvgIpc) is 3.26. The predicted octanol–water partition coefficient (Wildman–Crippen LogP) is 4.45. The molecule has 2 heterocycles. The fourth-order valence-electron chi connectivity index (χ4n) is 3.79. The molecule has 1 aliphatic heterocycles. The monoisotopic (exact) mass is 442 g/mol. The van der Waals surface area contributed by atoms with E-state index >= 15 is 0 Å². The molecule has 1 aliphatic rings. The highest BCUT2D eigenvalue weighted by Crippen LogP contribution is 2.27. The first kappa shape index (κ1) is 20.4. The minimum absolute atomic E-state index is 0.196. The normalized spacial score (nSPS) is 15.8. The van der Waals surface area contributed by atoms with Gasteiger partial charge in [-0.1, -0.05) is 30.3 Å². The SMILES string of the molecule is Cc1ccc(NC(=O)c2ccc(N3CCNS3=O)cc2)cc1-c1ccc2ccccc2n1. The van der Waals surface area contributed by atoms with Crippen molar-refractivity contribution < 1.29 is 9.00 Å². The largest absolute Gasteiger partial charge is 0.322 e. The molecule has 160 valence electrons. The van der Waals surface area contributed by atoms with Crippen LogP contribution in [0.5, 0.6) is 0 Å². The van der Waals surface area contributed by atoms with Gasteiger partial charge in [-0.05, 0) is 61.0 Å². The fraction of sp³-hybridized carbons (Fsp3) is 0.120. The lowest BCUT2D eigenvalue weighted by Crippen LogP contribution is -2.22. The molecule has 1 amide bonds. The Morgan fingerprint density at radius 1 is 1.03 bits per heavy atom. The Morgan fingerprint density at radius 2 is 1.84 bits per heavy atom. The zero-order valence-electron chi connectivity index (χ0n) is 17.5. The van der Waals surface area contributed by atoms with Crippen LogP contribution in [0.25, 0.3) is 22.2 Å². The molecule has 3 aromatic carbocycles. The first-order chi connectivity index (χ1) is 15.6. The van der Waals surface area contributed by atoms with Crippen molar-refractivity contribution in [1.29, 1.82) is 0 Å². The molecule has 0 bridgehead atoms. The molecule has 1 fully saturated rings. The van der Waals surface area contributed by atoms with Gasteiger partial charge in [0.15, 0.2) is 11.2 Å². The summed E-state index contributed by atoms with van der Waals surface area (Å²) in [5.41, 5.74) is 5.94. The summed E-state index contributed by atoms with van der Waals surface area (Å²) in [7, 11) is 0. The van der Waals surface area contributed by atoms with Crippen LogP contribution in [-0.2, 0) is 11.2 Å². The van der Waals surface area contributed by atoms with Gasteiger partial charge in [0.05, 0.1) is 16.9 Å². The van der Waals surface area contributed by atoms with Crippen molar-refractivity contribution in [1.82, 2.24) is 9.71 Å². The number of para-hydroxylation sites is 1. The average molecular weight is 443 g/mol. The molecule has 0 saturated carbocycles. The number of nitrogens with zero attached hydrogens (tertiary/aromatic N) is 2. The standard InChI is InChI=1S/C25H22N4O2S/c1-17-6-10-20(16-22(17)24-13-9-18-4-2-3-5-23(18)28-24)27-25(30)19-7-11-21(12-8-19)29-15-14-26-32(29)31/h2-13,16,26H,14-15H2,1H3,(H,27,30). The molecule has 7 heteroatoms. The molecule has 1 aromatic heterocycles. The Morgan fingerprint density at radius 3 is 2.62 bits per heavy atom. The smallest absolute Gasteiger partial charge is 0.255 e. The lowest BCUT2D eigenvalue weighted by molar-refractivity contribution is 0.102. The van der Waals surface area contributed by atoms with E-state index < -0.39 is 11.2 Å². The van der Waals surface area contributed by atoms with E-state index in [1.54, 1.807) is 16.4 Å². The Bertz CT molecular complexity index is 1340. The van der Waals surface area contributed by atoms with Gasteiger partial charge in [-0.2, -0.15) is 0 Å². The first-order valence-electron chi connectivity index (χ1n) is 10.4. The molecule has 0 aliphatic carbocycles. The van der Waals surface area contributed by atoms with E-state index in [1.165, 1.54) is 0 Å². The molecular formula is C25H22N4O2S. The van der Waals surface area contributed by atoms with Crippen LogP contribution in [0.2, 0.25) is 0 Å². The number of rotatable bonds is 4. The number of aromatic nitrogens is 1. The second-order valence-corrected chi connectivity index (χ2v) is 8.89. The highest BCUT2D eigenvalue weighted by molar-refractivity contribution is 7.84. The second-order valence-electron chi connectivity index (χ2n) is 7.67. The second kappa shape index (κ2) is 8.53. The number of fused-ring (bicyclic) bond motifs is 1. The van der Waals surface area contributed by atoms with Gasteiger partial charge in [0.2, 0.25) is 0 Å². The van der Waals surface area contributed by atoms with Gasteiger partial charge in [-0.25, -0.2) is 13.9 Å². The molecule has 2 N–H and O–H groups in total. The number of benzene rings is 3. The molecule has 1 atom stereocenters. The zero-order chi connectivity index (χ0) is 22.1. The van der Waals surface area contributed by atoms with E-state index in [0.29, 0.717) is 24.3 Å². The molecule has 1 saturated heterocycles. The molecular weight excluding hydrogens is 420 g/mol. The first-order valence-corrected chi connectivity index (χ1v) is 11.5. The Balaban J connectivity index is 1.37. The van der Waals surface area contributed by atoms with E-state index in [2.05, 4.69) is 16.1 Å². The molecule has 4 aromatic rings. The minimum Gasteiger partial charge on any atom is -0.322 e. The predicted molar refractivity (Wildman–Crippen MR) is 130 cm³/mol. The number of carbonyl (C=O) groups is 1. The molecule has 5 rings (SSSR count). The number of anilines is 2. The Hall–Kier alpha value is -3.55. The highest BCUT2D eigenvalue weighted by atomic mass is 32.2. The van der Waals surface area contributed by atoms with Crippen LogP contribution in [-0.4, -0.2) is 28.2 Å². The summed E-state index contributed by atoms with van der Waals surface area (Å²) < 4.78 is 16.6. The van der Waals surface area contributed by atoms with Crippen molar-refractivity contribution in [3.8, 4) is 11.3 Å². The van der Waals surface area contributed by atoms with Crippen molar-refractivity contribution in [3.63, 3.8) is 0 Å². The van der Waals surface area contributed by atoms with E-state index in [0.717, 1.165) is 33.4 Å². The van der Waals surface area contributed by atoms with Crippen LogP contribution < -0.4 is 14.3 Å². The number of amides is 1. The highest BCUT2D eigenvalue weighted by Gasteiger charge is 2.20. The maximum Gasteiger partial charge on any atom is 0.255 e. The quantitative estimate of drug-likeness (QED) is 0.490. The zero-order valence-corrected chi connectivity index (χ0v) is 18.4. The number of hydrogen-bond acceptors (Lipinski definition) is 3. The van der Waals surface area contributed by atoms with Crippen molar-refractivity contribution in [2.24, 2.45) is 0 Å². The van der Waals surface area contributed by atoms with Crippen LogP contribution in [0, 0.1) is 6.92 Å². The molecule has 1 unspecified atom stereocenters. The fourth-order valence-corrected chi connectivity index (χ4v) is 4.79. The van der Waals surface area contributed by atoms with Gasteiger partial charge in [0.1, 0.15) is 0 Å². The van der Waals surface area contributed by atoms with Crippen LogP contribution in [0.15, 0.2) is 78.9 Å². The summed E-state index contributed by atoms with van der Waals surface area (Å²) in [5.74, 6) is -0.196. The summed E-state index contributed by atoms with van der Waals surface area (Å²) in [6.45, 7) is 3.39. The van der Waals surface area contributed by atoms with E-state index in [-0.39, 0.29) is 5.91 Å². The van der Waals surface area contributed by atoms with Crippen LogP contribution in [0.4, 0.5) is 11.4 Å². The van der Waals surface area contributed by atoms with Gasteiger partial charge in [-0.3, -0.25) is 9.10 Å². The molecule has 0 spiro atoms. The van der Waals surface area contributed by atoms with Crippen molar-refractivity contribution in [2.45, 2.75) is 6.92 Å². The van der Waals surface area contributed by atoms with E-state index in [9.17, 15) is 9.00 Å². The summed E-state index contributed by atoms with van der Waals surface area (Å²) in [6, 6.07) is 25.1. The maximum absolute atomic E-state index is 12.8. The number of aryl methyl sites for hydroxylation is 1. The lowest BCUT2D eigenvalue weighted by atomic mass is 10.0. The third kappa shape index (κ3) is 4.00. The van der Waals surface area contributed by atoms with Crippen LogP contribution >= 0.6 is 0 Å². The van der Waals surface area contributed by atoms with Gasteiger partial charge in [0, 0.05) is 35.3 Å². The summed E-state index contributed by atoms with van der Waals surface area (Å²) >= 11 is -1.22. The summed E-state index contributed by atoms with van der Waals surface area (Å²) in [4.78, 5) is 17.6. The number of hydrogen-bond donors (Lipinski definition) is 2. The van der Waals surface area contributed by atoms with Gasteiger partial charge >= 0.3 is 0 Å². The molecule has 0 radical (unpaired) electrons. The molecule has 6 nitrogen and oxygen atoms in total.